The van der Waals surface area contributed by atoms with Gasteiger partial charge in [-0.1, -0.05) is 60.1 Å². The van der Waals surface area contributed by atoms with Gasteiger partial charge in [0.1, 0.15) is 6.04 Å². The zero-order valence-electron chi connectivity index (χ0n) is 16.3. The molecule has 2 aromatic rings. The number of halogens is 1. The molecule has 2 aromatic carbocycles. The first kappa shape index (κ1) is 21.2. The second-order valence-electron chi connectivity index (χ2n) is 7.29. The van der Waals surface area contributed by atoms with Crippen LogP contribution in [0.5, 0.6) is 0 Å². The number of hydrogen-bond acceptors (Lipinski definition) is 2. The summed E-state index contributed by atoms with van der Waals surface area (Å²) in [5.74, 6) is 0.00916. The average Bonchev–Trinajstić information content (AvgIpc) is 2.62. The van der Waals surface area contributed by atoms with Gasteiger partial charge < -0.3 is 10.2 Å². The van der Waals surface area contributed by atoms with Crippen molar-refractivity contribution in [2.24, 2.45) is 5.92 Å². The Labute approximate surface area is 170 Å². The van der Waals surface area contributed by atoms with Crippen LogP contribution in [0.15, 0.2) is 53.0 Å². The normalized spacial score (nSPS) is 11.9. The van der Waals surface area contributed by atoms with Crippen LogP contribution in [0.25, 0.3) is 0 Å². The molecule has 1 N–H and O–H groups in total. The first-order valence-electron chi connectivity index (χ1n) is 9.14. The van der Waals surface area contributed by atoms with E-state index in [1.807, 2.05) is 49.4 Å². The van der Waals surface area contributed by atoms with Crippen molar-refractivity contribution in [1.82, 2.24) is 10.2 Å². The fraction of sp³-hybridized carbons (Fsp3) is 0.364. The topological polar surface area (TPSA) is 49.4 Å². The standard InChI is InChI=1S/C22H27BrN2O2/c1-15(2)13-20(24-21(26)19-8-6-5-7-16(19)3)22(27)25(4)14-17-9-11-18(23)12-10-17/h5-12,15,20H,13-14H2,1-4H3,(H,24,26). The van der Waals surface area contributed by atoms with Gasteiger partial charge in [-0.15, -0.1) is 0 Å². The van der Waals surface area contributed by atoms with E-state index in [1.165, 1.54) is 0 Å². The maximum Gasteiger partial charge on any atom is 0.252 e. The minimum atomic E-state index is -0.544. The van der Waals surface area contributed by atoms with Crippen molar-refractivity contribution < 1.29 is 9.59 Å². The van der Waals surface area contributed by atoms with Crippen molar-refractivity contribution in [2.45, 2.75) is 39.8 Å². The predicted molar refractivity (Wildman–Crippen MR) is 113 cm³/mol. The largest absolute Gasteiger partial charge is 0.340 e. The van der Waals surface area contributed by atoms with E-state index in [9.17, 15) is 9.59 Å². The third kappa shape index (κ3) is 6.21. The summed E-state index contributed by atoms with van der Waals surface area (Å²) < 4.78 is 1.00. The van der Waals surface area contributed by atoms with Crippen LogP contribution in [0.2, 0.25) is 0 Å². The molecule has 0 heterocycles. The number of nitrogens with one attached hydrogen (secondary N) is 1. The summed E-state index contributed by atoms with van der Waals surface area (Å²) in [6.07, 6.45) is 0.598. The van der Waals surface area contributed by atoms with Gasteiger partial charge in [0.25, 0.3) is 5.91 Å². The quantitative estimate of drug-likeness (QED) is 0.699. The Balaban J connectivity index is 2.11. The number of aryl methyl sites for hydroxylation is 1. The minimum absolute atomic E-state index is 0.0754. The van der Waals surface area contributed by atoms with E-state index in [1.54, 1.807) is 18.0 Å². The summed E-state index contributed by atoms with van der Waals surface area (Å²) in [4.78, 5) is 27.4. The predicted octanol–water partition coefficient (Wildman–Crippen LogP) is 4.56. The Morgan fingerprint density at radius 3 is 2.30 bits per heavy atom. The molecule has 2 rings (SSSR count). The van der Waals surface area contributed by atoms with Crippen LogP contribution in [-0.2, 0) is 11.3 Å². The van der Waals surface area contributed by atoms with Crippen LogP contribution in [0.3, 0.4) is 0 Å². The second kappa shape index (κ2) is 9.70. The van der Waals surface area contributed by atoms with Crippen LogP contribution < -0.4 is 5.32 Å². The van der Waals surface area contributed by atoms with Gasteiger partial charge in [-0.25, -0.2) is 0 Å². The van der Waals surface area contributed by atoms with Gasteiger partial charge in [0, 0.05) is 23.6 Å². The Morgan fingerprint density at radius 2 is 1.70 bits per heavy atom. The molecule has 4 nitrogen and oxygen atoms in total. The van der Waals surface area contributed by atoms with Crippen LogP contribution in [0.1, 0.15) is 41.8 Å². The molecule has 0 saturated heterocycles. The summed E-state index contributed by atoms with van der Waals surface area (Å²) in [5, 5.41) is 2.94. The van der Waals surface area contributed by atoms with Crippen molar-refractivity contribution in [3.8, 4) is 0 Å². The van der Waals surface area contributed by atoms with Gasteiger partial charge in [0.2, 0.25) is 5.91 Å². The van der Waals surface area contributed by atoms with Crippen LogP contribution in [0, 0.1) is 12.8 Å². The highest BCUT2D eigenvalue weighted by Gasteiger charge is 2.25. The number of hydrogen-bond donors (Lipinski definition) is 1. The lowest BCUT2D eigenvalue weighted by Crippen LogP contribution is -2.47. The SMILES string of the molecule is Cc1ccccc1C(=O)NC(CC(C)C)C(=O)N(C)Cc1ccc(Br)cc1. The molecular formula is C22H27BrN2O2. The first-order chi connectivity index (χ1) is 12.8. The maximum absolute atomic E-state index is 13.0. The number of rotatable bonds is 7. The molecule has 0 aromatic heterocycles. The zero-order chi connectivity index (χ0) is 20.0. The summed E-state index contributed by atoms with van der Waals surface area (Å²) in [6.45, 7) is 6.50. The van der Waals surface area contributed by atoms with Gasteiger partial charge in [0.05, 0.1) is 0 Å². The highest BCUT2D eigenvalue weighted by atomic mass is 79.9. The van der Waals surface area contributed by atoms with E-state index < -0.39 is 6.04 Å². The smallest absolute Gasteiger partial charge is 0.252 e. The number of carbonyl (C=O) groups is 2. The highest BCUT2D eigenvalue weighted by Crippen LogP contribution is 2.15. The molecule has 0 aliphatic heterocycles. The van der Waals surface area contributed by atoms with Crippen molar-refractivity contribution >= 4 is 27.7 Å². The van der Waals surface area contributed by atoms with Gasteiger partial charge in [0.15, 0.2) is 0 Å². The van der Waals surface area contributed by atoms with E-state index >= 15 is 0 Å². The summed E-state index contributed by atoms with van der Waals surface area (Å²) in [6, 6.07) is 14.8. The number of nitrogens with zero attached hydrogens (tertiary/aromatic N) is 1. The molecule has 0 aliphatic carbocycles. The molecule has 0 saturated carbocycles. The molecule has 1 unspecified atom stereocenters. The highest BCUT2D eigenvalue weighted by molar-refractivity contribution is 9.10. The van der Waals surface area contributed by atoms with Gasteiger partial charge in [-0.3, -0.25) is 9.59 Å². The number of benzene rings is 2. The van der Waals surface area contributed by atoms with Crippen molar-refractivity contribution in [2.75, 3.05) is 7.05 Å². The maximum atomic E-state index is 13.0. The van der Waals surface area contributed by atoms with Crippen LogP contribution >= 0.6 is 15.9 Å². The molecule has 2 amide bonds. The van der Waals surface area contributed by atoms with Crippen molar-refractivity contribution in [1.29, 1.82) is 0 Å². The Kier molecular flexibility index (Phi) is 7.60. The lowest BCUT2D eigenvalue weighted by atomic mass is 10.0. The summed E-state index contributed by atoms with van der Waals surface area (Å²) in [5.41, 5.74) is 2.55. The fourth-order valence-corrected chi connectivity index (χ4v) is 3.23. The molecule has 0 radical (unpaired) electrons. The number of carbonyl (C=O) groups excluding carboxylic acids is 2. The van der Waals surface area contributed by atoms with Crippen LogP contribution in [0.4, 0.5) is 0 Å². The van der Waals surface area contributed by atoms with Gasteiger partial charge in [-0.2, -0.15) is 0 Å². The van der Waals surface area contributed by atoms with E-state index in [2.05, 4.69) is 35.1 Å². The van der Waals surface area contributed by atoms with Crippen LogP contribution in [-0.4, -0.2) is 29.8 Å². The molecule has 27 heavy (non-hydrogen) atoms. The van der Waals surface area contributed by atoms with Gasteiger partial charge >= 0.3 is 0 Å². The van der Waals surface area contributed by atoms with E-state index in [-0.39, 0.29) is 17.7 Å². The van der Waals surface area contributed by atoms with E-state index in [0.29, 0.717) is 18.5 Å². The Bertz CT molecular complexity index is 787. The van der Waals surface area contributed by atoms with Crippen molar-refractivity contribution in [3.63, 3.8) is 0 Å². The number of amides is 2. The third-order valence-corrected chi connectivity index (χ3v) is 4.94. The lowest BCUT2D eigenvalue weighted by molar-refractivity contribution is -0.132. The zero-order valence-corrected chi connectivity index (χ0v) is 17.9. The summed E-state index contributed by atoms with van der Waals surface area (Å²) >= 11 is 3.42. The molecular weight excluding hydrogens is 404 g/mol. The minimum Gasteiger partial charge on any atom is -0.340 e. The third-order valence-electron chi connectivity index (χ3n) is 4.41. The molecule has 1 atom stereocenters. The average molecular weight is 431 g/mol. The molecule has 0 spiro atoms. The molecule has 0 fully saturated rings. The summed E-state index contributed by atoms with van der Waals surface area (Å²) in [7, 11) is 1.78. The Hall–Kier alpha value is -2.14. The van der Waals surface area contributed by atoms with E-state index in [0.717, 1.165) is 15.6 Å². The van der Waals surface area contributed by atoms with E-state index in [4.69, 9.17) is 0 Å². The molecule has 0 aliphatic rings. The fourth-order valence-electron chi connectivity index (χ4n) is 2.96. The molecule has 144 valence electrons. The first-order valence-corrected chi connectivity index (χ1v) is 9.93. The molecule has 5 heteroatoms. The lowest BCUT2D eigenvalue weighted by Gasteiger charge is -2.26. The number of likely N-dealkylation sites (N-methyl/N-ethyl adjacent to an activating group) is 1. The monoisotopic (exact) mass is 430 g/mol. The van der Waals surface area contributed by atoms with Crippen molar-refractivity contribution in [3.05, 3.63) is 69.7 Å². The Morgan fingerprint density at radius 1 is 1.07 bits per heavy atom. The molecule has 0 bridgehead atoms. The second-order valence-corrected chi connectivity index (χ2v) is 8.21. The van der Waals surface area contributed by atoms with Gasteiger partial charge in [-0.05, 0) is 48.6 Å².